The molecule has 0 aromatic heterocycles. The van der Waals surface area contributed by atoms with Crippen LogP contribution in [0, 0.1) is 0 Å². The van der Waals surface area contributed by atoms with Crippen molar-refractivity contribution in [2.75, 3.05) is 19.4 Å². The number of carbonyl (C=O) groups is 2. The smallest absolute Gasteiger partial charge is 0.407 e. The minimum atomic E-state index is -1.33. The van der Waals surface area contributed by atoms with Gasteiger partial charge in [-0.15, -0.1) is 0 Å². The number of esters is 1. The molecule has 0 aliphatic carbocycles. The second kappa shape index (κ2) is 7.98. The van der Waals surface area contributed by atoms with Gasteiger partial charge >= 0.3 is 12.1 Å². The van der Waals surface area contributed by atoms with Crippen LogP contribution in [-0.4, -0.2) is 47.6 Å². The Morgan fingerprint density at radius 2 is 1.92 bits per heavy atom. The highest BCUT2D eigenvalue weighted by atomic mass is 16.6. The number of anilines is 1. The van der Waals surface area contributed by atoms with Crippen LogP contribution in [0.3, 0.4) is 0 Å². The molecule has 0 saturated heterocycles. The fourth-order valence-corrected chi connectivity index (χ4v) is 1.88. The van der Waals surface area contributed by atoms with Gasteiger partial charge in [-0.3, -0.25) is 0 Å². The van der Waals surface area contributed by atoms with Gasteiger partial charge in [0.25, 0.3) is 0 Å². The van der Waals surface area contributed by atoms with Gasteiger partial charge in [0.15, 0.2) is 0 Å². The quantitative estimate of drug-likeness (QED) is 0.464. The summed E-state index contributed by atoms with van der Waals surface area (Å²) in [5.41, 5.74) is 5.56. The summed E-state index contributed by atoms with van der Waals surface area (Å²) >= 11 is 0. The van der Waals surface area contributed by atoms with E-state index >= 15 is 0 Å². The number of hydrogen-bond donors (Lipinski definition) is 4. The Labute approximate surface area is 140 Å². The number of amides is 1. The number of nitrogen functional groups attached to an aromatic ring is 1. The van der Waals surface area contributed by atoms with E-state index in [-0.39, 0.29) is 23.4 Å². The van der Waals surface area contributed by atoms with Crippen molar-refractivity contribution in [1.82, 2.24) is 5.32 Å². The number of methoxy groups -OCH3 is 1. The maximum Gasteiger partial charge on any atom is 0.407 e. The average Bonchev–Trinajstić information content (AvgIpc) is 2.50. The lowest BCUT2D eigenvalue weighted by molar-refractivity contribution is 0.0129. The predicted molar refractivity (Wildman–Crippen MR) is 87.4 cm³/mol. The fraction of sp³-hybridized carbons (Fsp3) is 0.500. The van der Waals surface area contributed by atoms with E-state index in [9.17, 15) is 19.8 Å². The molecule has 8 nitrogen and oxygen atoms in total. The molecule has 0 fully saturated rings. The van der Waals surface area contributed by atoms with Gasteiger partial charge < -0.3 is 30.7 Å². The van der Waals surface area contributed by atoms with Crippen LogP contribution in [0.1, 0.15) is 42.8 Å². The first-order valence-electron chi connectivity index (χ1n) is 7.36. The van der Waals surface area contributed by atoms with Crippen molar-refractivity contribution in [1.29, 1.82) is 0 Å². The molecule has 0 radical (unpaired) electrons. The van der Waals surface area contributed by atoms with Gasteiger partial charge in [-0.1, -0.05) is 6.07 Å². The van der Waals surface area contributed by atoms with Crippen LogP contribution < -0.4 is 11.1 Å². The van der Waals surface area contributed by atoms with Crippen molar-refractivity contribution >= 4 is 17.7 Å². The molecule has 0 bridgehead atoms. The van der Waals surface area contributed by atoms with E-state index < -0.39 is 29.9 Å². The Morgan fingerprint density at radius 1 is 1.29 bits per heavy atom. The first kappa shape index (κ1) is 19.7. The van der Waals surface area contributed by atoms with Crippen molar-refractivity contribution in [2.45, 2.75) is 38.6 Å². The molecular formula is C16H24N2O6. The monoisotopic (exact) mass is 340 g/mol. The topological polar surface area (TPSA) is 131 Å². The highest BCUT2D eigenvalue weighted by Crippen LogP contribution is 2.22. The van der Waals surface area contributed by atoms with Crippen molar-refractivity contribution < 1.29 is 29.3 Å². The molecule has 8 heteroatoms. The van der Waals surface area contributed by atoms with E-state index in [2.05, 4.69) is 10.1 Å². The molecule has 1 aromatic rings. The van der Waals surface area contributed by atoms with Crippen LogP contribution in [0.15, 0.2) is 18.2 Å². The fourth-order valence-electron chi connectivity index (χ4n) is 1.88. The number of aliphatic hydroxyl groups excluding tert-OH is 2. The Bertz CT molecular complexity index is 597. The summed E-state index contributed by atoms with van der Waals surface area (Å²) in [7, 11) is 1.21. The lowest BCUT2D eigenvalue weighted by Crippen LogP contribution is -2.38. The third-order valence-corrected chi connectivity index (χ3v) is 3.04. The Kier molecular flexibility index (Phi) is 6.56. The van der Waals surface area contributed by atoms with Gasteiger partial charge in [-0.05, 0) is 38.5 Å². The van der Waals surface area contributed by atoms with Crippen LogP contribution in [0.4, 0.5) is 10.5 Å². The number of rotatable bonds is 5. The summed E-state index contributed by atoms with van der Waals surface area (Å²) in [4.78, 5) is 23.2. The number of nitrogens with one attached hydrogen (secondary N) is 1. The molecule has 2 atom stereocenters. The molecule has 24 heavy (non-hydrogen) atoms. The summed E-state index contributed by atoms with van der Waals surface area (Å²) in [5.74, 6) is -0.650. The van der Waals surface area contributed by atoms with Crippen LogP contribution in [0.5, 0.6) is 0 Å². The largest absolute Gasteiger partial charge is 0.465 e. The number of alkyl carbamates (subject to hydrolysis) is 1. The van der Waals surface area contributed by atoms with Gasteiger partial charge in [-0.25, -0.2) is 9.59 Å². The molecule has 5 N–H and O–H groups in total. The van der Waals surface area contributed by atoms with E-state index in [1.165, 1.54) is 25.3 Å². The van der Waals surface area contributed by atoms with Gasteiger partial charge in [0.05, 0.1) is 12.7 Å². The Morgan fingerprint density at radius 3 is 2.46 bits per heavy atom. The van der Waals surface area contributed by atoms with Crippen molar-refractivity contribution in [3.63, 3.8) is 0 Å². The Hall–Kier alpha value is -2.32. The van der Waals surface area contributed by atoms with Crippen LogP contribution in [0.25, 0.3) is 0 Å². The Balaban J connectivity index is 2.74. The maximum atomic E-state index is 11.6. The predicted octanol–water partition coefficient (Wildman–Crippen LogP) is 0.974. The van der Waals surface area contributed by atoms with E-state index in [4.69, 9.17) is 10.5 Å². The molecule has 1 aromatic carbocycles. The van der Waals surface area contributed by atoms with E-state index in [0.717, 1.165) is 0 Å². The molecule has 2 unspecified atom stereocenters. The highest BCUT2D eigenvalue weighted by Gasteiger charge is 2.23. The minimum Gasteiger partial charge on any atom is -0.465 e. The van der Waals surface area contributed by atoms with Crippen molar-refractivity contribution in [3.05, 3.63) is 29.3 Å². The van der Waals surface area contributed by atoms with Crippen LogP contribution in [0.2, 0.25) is 0 Å². The number of ether oxygens (including phenoxy) is 2. The first-order chi connectivity index (χ1) is 11.0. The second-order valence-electron chi connectivity index (χ2n) is 6.23. The SMILES string of the molecule is COC(=O)c1cc(C(O)C(O)CNC(=O)OC(C)(C)C)ccc1N. The zero-order valence-electron chi connectivity index (χ0n) is 14.2. The van der Waals surface area contributed by atoms with Crippen LogP contribution in [-0.2, 0) is 9.47 Å². The van der Waals surface area contributed by atoms with Crippen LogP contribution >= 0.6 is 0 Å². The van der Waals surface area contributed by atoms with Crippen molar-refractivity contribution in [2.24, 2.45) is 0 Å². The summed E-state index contributed by atoms with van der Waals surface area (Å²) in [6.07, 6.45) is -3.34. The molecule has 1 rings (SSSR count). The molecule has 0 saturated carbocycles. The minimum absolute atomic E-state index is 0.0846. The number of benzene rings is 1. The average molecular weight is 340 g/mol. The zero-order chi connectivity index (χ0) is 18.5. The summed E-state index contributed by atoms with van der Waals surface area (Å²) in [6.45, 7) is 4.90. The van der Waals surface area contributed by atoms with Crippen molar-refractivity contribution in [3.8, 4) is 0 Å². The molecule has 1 amide bonds. The molecular weight excluding hydrogens is 316 g/mol. The summed E-state index contributed by atoms with van der Waals surface area (Å²) in [5, 5.41) is 22.5. The highest BCUT2D eigenvalue weighted by molar-refractivity contribution is 5.95. The molecule has 0 heterocycles. The first-order valence-corrected chi connectivity index (χ1v) is 7.36. The summed E-state index contributed by atoms with van der Waals surface area (Å²) < 4.78 is 9.63. The summed E-state index contributed by atoms with van der Waals surface area (Å²) in [6, 6.07) is 4.24. The molecule has 0 aliphatic rings. The number of aliphatic hydroxyl groups is 2. The normalized spacial score (nSPS) is 13.8. The van der Waals surface area contributed by atoms with Gasteiger partial charge in [0, 0.05) is 12.2 Å². The maximum absolute atomic E-state index is 11.6. The second-order valence-corrected chi connectivity index (χ2v) is 6.23. The van der Waals surface area contributed by atoms with E-state index in [0.29, 0.717) is 0 Å². The number of carbonyl (C=O) groups excluding carboxylic acids is 2. The van der Waals surface area contributed by atoms with Gasteiger partial charge in [0.2, 0.25) is 0 Å². The number of nitrogens with two attached hydrogens (primary N) is 1. The van der Waals surface area contributed by atoms with Gasteiger partial charge in [-0.2, -0.15) is 0 Å². The molecule has 134 valence electrons. The number of hydrogen-bond acceptors (Lipinski definition) is 7. The third-order valence-electron chi connectivity index (χ3n) is 3.04. The zero-order valence-corrected chi connectivity index (χ0v) is 14.2. The standard InChI is InChI=1S/C16H24N2O6/c1-16(2,3)24-15(22)18-8-12(19)13(20)9-5-6-11(17)10(7-9)14(21)23-4/h5-7,12-13,19-20H,8,17H2,1-4H3,(H,18,22). The molecule has 0 spiro atoms. The lowest BCUT2D eigenvalue weighted by Gasteiger charge is -2.22. The van der Waals surface area contributed by atoms with E-state index in [1.807, 2.05) is 0 Å². The lowest BCUT2D eigenvalue weighted by atomic mass is 10.0. The third kappa shape index (κ3) is 5.71. The van der Waals surface area contributed by atoms with E-state index in [1.54, 1.807) is 20.8 Å². The molecule has 0 aliphatic heterocycles. The van der Waals surface area contributed by atoms with Gasteiger partial charge in [0.1, 0.15) is 17.8 Å².